The Labute approximate surface area is 222 Å². The van der Waals surface area contributed by atoms with Gasteiger partial charge in [-0.25, -0.2) is 4.57 Å². The summed E-state index contributed by atoms with van der Waals surface area (Å²) in [6.07, 6.45) is 0. The first-order valence-electron chi connectivity index (χ1n) is 12.7. The van der Waals surface area contributed by atoms with Crippen LogP contribution in [0.25, 0.3) is 75.4 Å². The predicted octanol–water partition coefficient (Wildman–Crippen LogP) is 9.23. The van der Waals surface area contributed by atoms with Gasteiger partial charge in [0.05, 0.1) is 0 Å². The lowest BCUT2D eigenvalue weighted by atomic mass is 9.93. The highest BCUT2D eigenvalue weighted by Crippen LogP contribution is 2.42. The quantitative estimate of drug-likeness (QED) is 0.134. The van der Waals surface area contributed by atoms with Gasteiger partial charge in [0.25, 0.3) is 0 Å². The minimum absolute atomic E-state index is 0.172. The Morgan fingerprint density at radius 1 is 0.410 bits per heavy atom. The second-order valence-electron chi connectivity index (χ2n) is 10.2. The van der Waals surface area contributed by atoms with Crippen LogP contribution in [0, 0.1) is 0 Å². The van der Waals surface area contributed by atoms with Crippen molar-refractivity contribution in [1.82, 2.24) is 0 Å². The molecule has 0 aromatic heterocycles. The number of hydrogen-bond acceptors (Lipinski definition) is 2. The molecular formula is C34H21O4P. The van der Waals surface area contributed by atoms with E-state index in [0.29, 0.717) is 5.39 Å². The average Bonchev–Trinajstić information content (AvgIpc) is 2.91. The molecule has 8 aromatic rings. The van der Waals surface area contributed by atoms with Gasteiger partial charge in [0.1, 0.15) is 5.75 Å². The Bertz CT molecular complexity index is 2370. The molecule has 0 fully saturated rings. The number of hydrogen-bond donors (Lipinski definition) is 2. The number of benzene rings is 8. The summed E-state index contributed by atoms with van der Waals surface area (Å²) in [7, 11) is -4.68. The normalized spacial score (nSPS) is 12.5. The molecule has 0 aliphatic carbocycles. The van der Waals surface area contributed by atoms with Crippen molar-refractivity contribution >= 4 is 83.2 Å². The molecule has 0 heterocycles. The van der Waals surface area contributed by atoms with Crippen molar-refractivity contribution in [2.45, 2.75) is 0 Å². The summed E-state index contributed by atoms with van der Waals surface area (Å²) in [4.78, 5) is 18.8. The molecule has 0 aliphatic heterocycles. The Morgan fingerprint density at radius 2 is 0.795 bits per heavy atom. The molecule has 0 saturated heterocycles. The first-order chi connectivity index (χ1) is 18.9. The molecule has 5 heteroatoms. The maximum atomic E-state index is 11.6. The van der Waals surface area contributed by atoms with Crippen molar-refractivity contribution in [2.24, 2.45) is 0 Å². The summed E-state index contributed by atoms with van der Waals surface area (Å²) in [6, 6.07) is 40.0. The van der Waals surface area contributed by atoms with Gasteiger partial charge in [-0.3, -0.25) is 9.79 Å². The second kappa shape index (κ2) is 8.02. The lowest BCUT2D eigenvalue weighted by molar-refractivity contribution is 0.284. The van der Waals surface area contributed by atoms with Crippen LogP contribution < -0.4 is 4.52 Å². The largest absolute Gasteiger partial charge is 0.524 e. The van der Waals surface area contributed by atoms with E-state index in [9.17, 15) is 14.4 Å². The van der Waals surface area contributed by atoms with Crippen molar-refractivity contribution in [3.8, 4) is 5.75 Å². The van der Waals surface area contributed by atoms with E-state index in [1.165, 1.54) is 43.1 Å². The van der Waals surface area contributed by atoms with E-state index >= 15 is 0 Å². The van der Waals surface area contributed by atoms with E-state index in [2.05, 4.69) is 84.9 Å². The third-order valence-electron chi connectivity index (χ3n) is 7.74. The van der Waals surface area contributed by atoms with Crippen LogP contribution in [0.5, 0.6) is 5.75 Å². The molecule has 4 nitrogen and oxygen atoms in total. The van der Waals surface area contributed by atoms with E-state index in [1.54, 1.807) is 12.1 Å². The highest BCUT2D eigenvalue weighted by Gasteiger charge is 2.18. The summed E-state index contributed by atoms with van der Waals surface area (Å²) in [5.74, 6) is 0.172. The van der Waals surface area contributed by atoms with Gasteiger partial charge in [-0.15, -0.1) is 0 Å². The zero-order valence-electron chi connectivity index (χ0n) is 20.6. The lowest BCUT2D eigenvalue weighted by Crippen LogP contribution is -1.91. The van der Waals surface area contributed by atoms with Crippen LogP contribution in [-0.2, 0) is 4.57 Å². The molecule has 0 amide bonds. The van der Waals surface area contributed by atoms with Gasteiger partial charge in [-0.2, -0.15) is 0 Å². The van der Waals surface area contributed by atoms with Crippen molar-refractivity contribution in [3.63, 3.8) is 0 Å². The highest BCUT2D eigenvalue weighted by molar-refractivity contribution is 7.46. The topological polar surface area (TPSA) is 66.8 Å². The Hall–Kier alpha value is -4.47. The Balaban J connectivity index is 1.39. The number of phosphoric ester groups is 1. The molecule has 0 unspecified atom stereocenters. The fourth-order valence-corrected chi connectivity index (χ4v) is 6.37. The van der Waals surface area contributed by atoms with Gasteiger partial charge in [0.2, 0.25) is 0 Å². The minimum atomic E-state index is -4.68. The first-order valence-corrected chi connectivity index (χ1v) is 14.3. The van der Waals surface area contributed by atoms with Gasteiger partial charge >= 0.3 is 7.82 Å². The summed E-state index contributed by atoms with van der Waals surface area (Å²) >= 11 is 0. The fourth-order valence-electron chi connectivity index (χ4n) is 5.96. The molecule has 2 N–H and O–H groups in total. The average molecular weight is 525 g/mol. The molecule has 8 rings (SSSR count). The maximum absolute atomic E-state index is 11.6. The summed E-state index contributed by atoms with van der Waals surface area (Å²) in [5.41, 5.74) is 0. The van der Waals surface area contributed by atoms with Crippen LogP contribution in [0.15, 0.2) is 115 Å². The molecule has 0 radical (unpaired) electrons. The van der Waals surface area contributed by atoms with E-state index in [1.807, 2.05) is 18.2 Å². The van der Waals surface area contributed by atoms with E-state index < -0.39 is 7.82 Å². The van der Waals surface area contributed by atoms with Crippen molar-refractivity contribution < 1.29 is 18.9 Å². The van der Waals surface area contributed by atoms with E-state index in [4.69, 9.17) is 4.52 Å². The molecular weight excluding hydrogens is 503 g/mol. The third-order valence-corrected chi connectivity index (χ3v) is 8.18. The molecule has 0 bridgehead atoms. The number of rotatable bonds is 2. The fraction of sp³-hybridized carbons (Fsp3) is 0. The van der Waals surface area contributed by atoms with Crippen molar-refractivity contribution in [3.05, 3.63) is 115 Å². The van der Waals surface area contributed by atoms with Gasteiger partial charge in [0.15, 0.2) is 0 Å². The number of fused-ring (bicyclic) bond motifs is 8. The Morgan fingerprint density at radius 3 is 1.33 bits per heavy atom. The molecule has 0 aliphatic rings. The minimum Gasteiger partial charge on any atom is -0.404 e. The molecule has 8 aromatic carbocycles. The van der Waals surface area contributed by atoms with Crippen molar-refractivity contribution in [1.29, 1.82) is 0 Å². The monoisotopic (exact) mass is 524 g/mol. The molecule has 0 saturated carbocycles. The summed E-state index contributed by atoms with van der Waals surface area (Å²) in [5, 5.41) is 15.5. The summed E-state index contributed by atoms with van der Waals surface area (Å²) < 4.78 is 16.6. The van der Waals surface area contributed by atoms with Gasteiger partial charge in [-0.05, 0) is 137 Å². The lowest BCUT2D eigenvalue weighted by Gasteiger charge is -2.12. The van der Waals surface area contributed by atoms with Crippen LogP contribution in [0.2, 0.25) is 0 Å². The molecule has 39 heavy (non-hydrogen) atoms. The molecule has 186 valence electrons. The van der Waals surface area contributed by atoms with Gasteiger partial charge < -0.3 is 4.52 Å². The van der Waals surface area contributed by atoms with Gasteiger partial charge in [-0.1, -0.05) is 48.5 Å². The molecule has 0 atom stereocenters. The van der Waals surface area contributed by atoms with Crippen LogP contribution >= 0.6 is 7.82 Å². The second-order valence-corrected chi connectivity index (χ2v) is 11.4. The molecule has 0 spiro atoms. The van der Waals surface area contributed by atoms with Crippen molar-refractivity contribution in [2.75, 3.05) is 0 Å². The van der Waals surface area contributed by atoms with E-state index in [0.717, 1.165) is 26.9 Å². The number of phosphoric acid groups is 1. The predicted molar refractivity (Wildman–Crippen MR) is 162 cm³/mol. The van der Waals surface area contributed by atoms with Crippen LogP contribution in [0.3, 0.4) is 0 Å². The zero-order valence-corrected chi connectivity index (χ0v) is 21.5. The van der Waals surface area contributed by atoms with E-state index in [-0.39, 0.29) is 5.75 Å². The maximum Gasteiger partial charge on any atom is 0.524 e. The smallest absolute Gasteiger partial charge is 0.404 e. The van der Waals surface area contributed by atoms with Crippen LogP contribution in [0.4, 0.5) is 0 Å². The third kappa shape index (κ3) is 3.73. The van der Waals surface area contributed by atoms with Gasteiger partial charge in [0, 0.05) is 5.39 Å². The zero-order chi connectivity index (χ0) is 26.3. The van der Waals surface area contributed by atoms with Crippen LogP contribution in [0.1, 0.15) is 0 Å². The summed E-state index contributed by atoms with van der Waals surface area (Å²) in [6.45, 7) is 0. The first kappa shape index (κ1) is 22.5. The van der Waals surface area contributed by atoms with Crippen LogP contribution in [-0.4, -0.2) is 9.79 Å². The Kier molecular flexibility index (Phi) is 4.63. The standard InChI is InChI=1S/C34H21O4P/c35-39(36,37)38-34-7-3-6-22-12-27-13-23-8-9-24-14-28-15-25-10-20-4-1-2-5-21(20)11-26(25)16-29(28)17-31(24)32(23)18-30(27)19-33(22)34/h1-19H,(H2,35,36,37). The SMILES string of the molecule is O=P(O)(O)Oc1cccc2cc3cc4ccc5cc6cc7cc8ccccc8cc7cc6cc5c4cc3cc12. The highest BCUT2D eigenvalue weighted by atomic mass is 31.2.